The second-order valence-electron chi connectivity index (χ2n) is 8.78. The summed E-state index contributed by atoms with van der Waals surface area (Å²) in [7, 11) is 3.71. The van der Waals surface area contributed by atoms with Gasteiger partial charge in [-0.3, -0.25) is 9.59 Å². The third-order valence-electron chi connectivity index (χ3n) is 5.17. The number of anilines is 1. The lowest BCUT2D eigenvalue weighted by atomic mass is 10.2. The molecule has 1 aliphatic rings. The summed E-state index contributed by atoms with van der Waals surface area (Å²) in [5, 5.41) is 7.23. The number of amides is 1. The molecule has 0 radical (unpaired) electrons. The summed E-state index contributed by atoms with van der Waals surface area (Å²) < 4.78 is 12.2. The van der Waals surface area contributed by atoms with Gasteiger partial charge in [-0.25, -0.2) is 9.97 Å². The van der Waals surface area contributed by atoms with E-state index in [1.54, 1.807) is 12.4 Å². The number of nitrogens with zero attached hydrogens (tertiary/aromatic N) is 4. The minimum atomic E-state index is -0.318. The van der Waals surface area contributed by atoms with Gasteiger partial charge in [0, 0.05) is 51.7 Å². The third-order valence-corrected chi connectivity index (χ3v) is 5.17. The molecule has 3 aromatic rings. The normalized spacial score (nSPS) is 13.6. The number of ether oxygens (including phenoxy) is 2. The number of piperazine rings is 1. The quantitative estimate of drug-likeness (QED) is 0.550. The molecule has 10 heteroatoms. The van der Waals surface area contributed by atoms with Crippen molar-refractivity contribution in [3.8, 4) is 11.8 Å². The van der Waals surface area contributed by atoms with E-state index in [4.69, 9.17) is 4.74 Å². The number of hydrogen-bond donors (Lipinski definition) is 2. The first-order valence-corrected chi connectivity index (χ1v) is 11.1. The number of carbonyl (C=O) groups excluding carboxylic acids is 2. The Balaban J connectivity index is 0.000000406. The first-order chi connectivity index (χ1) is 16.2. The van der Waals surface area contributed by atoms with Gasteiger partial charge in [-0.15, -0.1) is 0 Å². The zero-order valence-electron chi connectivity index (χ0n) is 20.3. The smallest absolute Gasteiger partial charge is 0.322 e. The minimum Gasteiger partial charge on any atom is -0.462 e. The maximum Gasteiger partial charge on any atom is 0.322 e. The van der Waals surface area contributed by atoms with Crippen molar-refractivity contribution in [1.82, 2.24) is 24.8 Å². The molecule has 3 heterocycles. The molecule has 4 rings (SSSR count). The fourth-order valence-corrected chi connectivity index (χ4v) is 3.36. The molecule has 0 saturated carbocycles. The summed E-state index contributed by atoms with van der Waals surface area (Å²) >= 11 is 0. The highest BCUT2D eigenvalue weighted by Gasteiger charge is 2.21. The fourth-order valence-electron chi connectivity index (χ4n) is 3.36. The maximum absolute atomic E-state index is 12.8. The molecule has 0 atom stereocenters. The first kappa shape index (κ1) is 25.0. The van der Waals surface area contributed by atoms with Crippen LogP contribution in [0.25, 0.3) is 10.9 Å². The van der Waals surface area contributed by atoms with Crippen LogP contribution < -0.4 is 15.4 Å². The van der Waals surface area contributed by atoms with Crippen LogP contribution >= 0.6 is 0 Å². The summed E-state index contributed by atoms with van der Waals surface area (Å²) in [6, 6.07) is 7.92. The number of nitrogens with one attached hydrogen (secondary N) is 2. The van der Waals surface area contributed by atoms with E-state index in [0.717, 1.165) is 42.8 Å². The van der Waals surface area contributed by atoms with E-state index in [9.17, 15) is 9.59 Å². The Morgan fingerprint density at radius 2 is 1.82 bits per heavy atom. The van der Waals surface area contributed by atoms with Crippen LogP contribution in [0, 0.1) is 0 Å². The predicted molar refractivity (Wildman–Crippen MR) is 130 cm³/mol. The molecular weight excluding hydrogens is 436 g/mol. The van der Waals surface area contributed by atoms with Crippen LogP contribution in [0.3, 0.4) is 0 Å². The minimum absolute atomic E-state index is 0.0589. The highest BCUT2D eigenvalue weighted by atomic mass is 16.5. The van der Waals surface area contributed by atoms with Crippen molar-refractivity contribution in [2.45, 2.75) is 26.4 Å². The second kappa shape index (κ2) is 11.0. The van der Waals surface area contributed by atoms with Crippen LogP contribution in [0.1, 0.15) is 31.3 Å². The topological polar surface area (TPSA) is 111 Å². The molecule has 0 bridgehead atoms. The summed E-state index contributed by atoms with van der Waals surface area (Å²) in [6.07, 6.45) is 3.32. The summed E-state index contributed by atoms with van der Waals surface area (Å²) in [6.45, 7) is 9.05. The standard InChI is InChI=1S/C19H22N6O2.C5H10O2/c1-20-14-11-22-19(23-12-14)27-15-4-3-13-9-17(24(2)16(13)10-15)18(26)25-7-5-21-6-8-25;1-5(2,3)7-4-6/h3-4,9-12,20-21H,5-8H2,1-2H3;4H,1-3H3. The van der Waals surface area contributed by atoms with E-state index in [-0.39, 0.29) is 17.5 Å². The number of carbonyl (C=O) groups is 2. The summed E-state index contributed by atoms with van der Waals surface area (Å²) in [5.74, 6) is 0.686. The van der Waals surface area contributed by atoms with Crippen LogP contribution in [-0.4, -0.2) is 70.6 Å². The van der Waals surface area contributed by atoms with Crippen molar-refractivity contribution < 1.29 is 19.1 Å². The number of rotatable bonds is 5. The van der Waals surface area contributed by atoms with Gasteiger partial charge >= 0.3 is 6.01 Å². The van der Waals surface area contributed by atoms with Crippen LogP contribution in [0.15, 0.2) is 36.7 Å². The lowest BCUT2D eigenvalue weighted by molar-refractivity contribution is -0.138. The Bertz CT molecular complexity index is 1110. The highest BCUT2D eigenvalue weighted by Crippen LogP contribution is 2.27. The molecule has 1 saturated heterocycles. The average Bonchev–Trinajstić information content (AvgIpc) is 3.15. The lowest BCUT2D eigenvalue weighted by Gasteiger charge is -2.27. The van der Waals surface area contributed by atoms with E-state index in [2.05, 4.69) is 25.3 Å². The molecule has 2 N–H and O–H groups in total. The van der Waals surface area contributed by atoms with Crippen molar-refractivity contribution in [2.24, 2.45) is 7.05 Å². The monoisotopic (exact) mass is 468 g/mol. The van der Waals surface area contributed by atoms with Gasteiger partial charge in [0.25, 0.3) is 12.4 Å². The van der Waals surface area contributed by atoms with Crippen LogP contribution in [0.2, 0.25) is 0 Å². The predicted octanol–water partition coefficient (Wildman–Crippen LogP) is 2.81. The van der Waals surface area contributed by atoms with E-state index in [0.29, 0.717) is 17.9 Å². The summed E-state index contributed by atoms with van der Waals surface area (Å²) in [4.78, 5) is 32.7. The van der Waals surface area contributed by atoms with Gasteiger partial charge in [0.05, 0.1) is 23.6 Å². The largest absolute Gasteiger partial charge is 0.462 e. The lowest BCUT2D eigenvalue weighted by Crippen LogP contribution is -2.46. The highest BCUT2D eigenvalue weighted by molar-refractivity contribution is 5.99. The Labute approximate surface area is 199 Å². The van der Waals surface area contributed by atoms with Crippen molar-refractivity contribution in [2.75, 3.05) is 38.5 Å². The van der Waals surface area contributed by atoms with Crippen LogP contribution in [0.4, 0.5) is 5.69 Å². The third kappa shape index (κ3) is 6.44. The number of fused-ring (bicyclic) bond motifs is 1. The molecule has 2 aromatic heterocycles. The molecule has 0 unspecified atom stereocenters. The van der Waals surface area contributed by atoms with E-state index in [1.165, 1.54) is 0 Å². The van der Waals surface area contributed by atoms with E-state index >= 15 is 0 Å². The molecule has 0 spiro atoms. The molecule has 0 aliphatic carbocycles. The van der Waals surface area contributed by atoms with Crippen molar-refractivity contribution in [3.05, 3.63) is 42.4 Å². The molecule has 182 valence electrons. The van der Waals surface area contributed by atoms with Gasteiger partial charge in [-0.2, -0.15) is 0 Å². The van der Waals surface area contributed by atoms with Crippen molar-refractivity contribution in [3.63, 3.8) is 0 Å². The first-order valence-electron chi connectivity index (χ1n) is 11.1. The Morgan fingerprint density at radius 1 is 1.15 bits per heavy atom. The van der Waals surface area contributed by atoms with Crippen molar-refractivity contribution >= 4 is 29.0 Å². The van der Waals surface area contributed by atoms with E-state index in [1.807, 2.05) is 68.6 Å². The van der Waals surface area contributed by atoms with Gasteiger partial charge in [-0.1, -0.05) is 0 Å². The molecule has 1 aromatic carbocycles. The summed E-state index contributed by atoms with van der Waals surface area (Å²) in [5.41, 5.74) is 2.11. The SMILES string of the molecule is CC(C)(C)OC=O.CNc1cnc(Oc2ccc3cc(C(=O)N4CCNCC4)n(C)c3c2)nc1. The zero-order chi connectivity index (χ0) is 24.7. The Morgan fingerprint density at radius 3 is 2.38 bits per heavy atom. The number of hydrogen-bond acceptors (Lipinski definition) is 8. The van der Waals surface area contributed by atoms with Gasteiger partial charge in [-0.05, 0) is 39.0 Å². The number of aromatic nitrogens is 3. The zero-order valence-corrected chi connectivity index (χ0v) is 20.3. The van der Waals surface area contributed by atoms with Crippen molar-refractivity contribution in [1.29, 1.82) is 0 Å². The molecule has 10 nitrogen and oxygen atoms in total. The fraction of sp³-hybridized carbons (Fsp3) is 0.417. The maximum atomic E-state index is 12.8. The number of benzene rings is 1. The second-order valence-corrected chi connectivity index (χ2v) is 8.78. The van der Waals surface area contributed by atoms with Gasteiger partial charge < -0.3 is 29.6 Å². The Kier molecular flexibility index (Phi) is 8.06. The molecule has 34 heavy (non-hydrogen) atoms. The van der Waals surface area contributed by atoms with Gasteiger partial charge in [0.15, 0.2) is 0 Å². The van der Waals surface area contributed by atoms with Crippen LogP contribution in [-0.2, 0) is 16.6 Å². The van der Waals surface area contributed by atoms with Crippen LogP contribution in [0.5, 0.6) is 11.8 Å². The van der Waals surface area contributed by atoms with Gasteiger partial charge in [0.2, 0.25) is 0 Å². The molecule has 1 fully saturated rings. The van der Waals surface area contributed by atoms with E-state index < -0.39 is 0 Å². The molecule has 1 amide bonds. The molecular formula is C24H32N6O4. The Hall–Kier alpha value is -3.66. The molecule has 1 aliphatic heterocycles. The number of aryl methyl sites for hydroxylation is 1. The average molecular weight is 469 g/mol. The van der Waals surface area contributed by atoms with Gasteiger partial charge in [0.1, 0.15) is 17.0 Å².